The fraction of sp³-hybridized carbons (Fsp3) is 0.889. The Morgan fingerprint density at radius 1 is 1.36 bits per heavy atom. The molecule has 0 saturated carbocycles. The van der Waals surface area contributed by atoms with Gasteiger partial charge in [0.1, 0.15) is 5.60 Å². The Morgan fingerprint density at radius 3 is 2.68 bits per heavy atom. The molecule has 1 saturated heterocycles. The average molecular weight is 357 g/mol. The molecule has 1 atom stereocenters. The second kappa shape index (κ2) is 10.5. The number of hydrogen-bond donors (Lipinski definition) is 2. The van der Waals surface area contributed by atoms with Crippen LogP contribution in [-0.4, -0.2) is 68.0 Å². The maximum absolute atomic E-state index is 11.9. The number of rotatable bonds is 7. The van der Waals surface area contributed by atoms with Gasteiger partial charge < -0.3 is 25.0 Å². The van der Waals surface area contributed by atoms with Crippen molar-refractivity contribution in [3.05, 3.63) is 0 Å². The van der Waals surface area contributed by atoms with Crippen LogP contribution in [0.1, 0.15) is 48.0 Å². The monoisotopic (exact) mass is 356 g/mol. The van der Waals surface area contributed by atoms with Gasteiger partial charge in [-0.2, -0.15) is 0 Å². The van der Waals surface area contributed by atoms with Crippen molar-refractivity contribution in [2.75, 3.05) is 39.4 Å². The SMILES string of the molecule is CCNC(=NCCOCC(C)C)N1CCC(NC(=O)OC(C)(C)C)C1. The third-order valence-corrected chi connectivity index (χ3v) is 3.49. The van der Waals surface area contributed by atoms with Gasteiger partial charge in [-0.15, -0.1) is 0 Å². The van der Waals surface area contributed by atoms with Crippen LogP contribution in [-0.2, 0) is 9.47 Å². The third-order valence-electron chi connectivity index (χ3n) is 3.49. The van der Waals surface area contributed by atoms with Crippen LogP contribution in [0, 0.1) is 5.92 Å². The zero-order valence-corrected chi connectivity index (χ0v) is 16.7. The third kappa shape index (κ3) is 9.53. The lowest BCUT2D eigenvalue weighted by Gasteiger charge is -2.23. The zero-order valence-electron chi connectivity index (χ0n) is 16.7. The van der Waals surface area contributed by atoms with E-state index in [2.05, 4.69) is 41.3 Å². The van der Waals surface area contributed by atoms with Gasteiger partial charge in [-0.1, -0.05) is 13.8 Å². The van der Waals surface area contributed by atoms with E-state index in [4.69, 9.17) is 9.47 Å². The molecule has 0 aromatic heterocycles. The first-order valence-corrected chi connectivity index (χ1v) is 9.31. The highest BCUT2D eigenvalue weighted by molar-refractivity contribution is 5.80. The Labute approximate surface area is 152 Å². The number of likely N-dealkylation sites (tertiary alicyclic amines) is 1. The van der Waals surface area contributed by atoms with Crippen LogP contribution in [0.5, 0.6) is 0 Å². The second-order valence-electron chi connectivity index (χ2n) is 7.78. The molecule has 0 aromatic carbocycles. The molecule has 146 valence electrons. The number of nitrogens with one attached hydrogen (secondary N) is 2. The van der Waals surface area contributed by atoms with Gasteiger partial charge in [0.05, 0.1) is 19.2 Å². The second-order valence-corrected chi connectivity index (χ2v) is 7.78. The van der Waals surface area contributed by atoms with E-state index < -0.39 is 5.60 Å². The van der Waals surface area contributed by atoms with Gasteiger partial charge in [-0.3, -0.25) is 4.99 Å². The summed E-state index contributed by atoms with van der Waals surface area (Å²) in [6, 6.07) is 0.0795. The van der Waals surface area contributed by atoms with Gasteiger partial charge in [0.25, 0.3) is 0 Å². The molecule has 0 bridgehead atoms. The van der Waals surface area contributed by atoms with Gasteiger partial charge in [0, 0.05) is 26.2 Å². The first-order valence-electron chi connectivity index (χ1n) is 9.31. The molecule has 7 nitrogen and oxygen atoms in total. The minimum atomic E-state index is -0.477. The number of carbonyl (C=O) groups is 1. The van der Waals surface area contributed by atoms with Gasteiger partial charge >= 0.3 is 6.09 Å². The Kier molecular flexibility index (Phi) is 9.03. The van der Waals surface area contributed by atoms with E-state index in [0.29, 0.717) is 19.1 Å². The standard InChI is InChI=1S/C18H36N4O3/c1-7-19-16(20-9-11-24-13-14(2)3)22-10-8-15(12-22)21-17(23)25-18(4,5)6/h14-15H,7-13H2,1-6H3,(H,19,20)(H,21,23). The molecule has 7 heteroatoms. The number of amides is 1. The number of guanidine groups is 1. The van der Waals surface area contributed by atoms with Crippen molar-refractivity contribution in [1.82, 2.24) is 15.5 Å². The molecule has 0 spiro atoms. The molecule has 1 aliphatic heterocycles. The maximum Gasteiger partial charge on any atom is 0.407 e. The summed E-state index contributed by atoms with van der Waals surface area (Å²) in [7, 11) is 0. The molecule has 25 heavy (non-hydrogen) atoms. The highest BCUT2D eigenvalue weighted by Crippen LogP contribution is 2.12. The minimum absolute atomic E-state index is 0.0795. The van der Waals surface area contributed by atoms with Crippen LogP contribution in [0.2, 0.25) is 0 Å². The highest BCUT2D eigenvalue weighted by Gasteiger charge is 2.27. The lowest BCUT2D eigenvalue weighted by atomic mass is 10.2. The Morgan fingerprint density at radius 2 is 2.08 bits per heavy atom. The summed E-state index contributed by atoms with van der Waals surface area (Å²) in [5.74, 6) is 1.42. The van der Waals surface area contributed by atoms with Crippen molar-refractivity contribution in [1.29, 1.82) is 0 Å². The van der Waals surface area contributed by atoms with Gasteiger partial charge in [0.15, 0.2) is 5.96 Å². The molecule has 1 amide bonds. The number of ether oxygens (including phenoxy) is 2. The first-order chi connectivity index (χ1) is 11.7. The summed E-state index contributed by atoms with van der Waals surface area (Å²) in [5.41, 5.74) is -0.477. The Bertz CT molecular complexity index is 433. The first kappa shape index (κ1) is 21.5. The predicted octanol–water partition coefficient (Wildman–Crippen LogP) is 2.22. The van der Waals surface area contributed by atoms with Crippen LogP contribution in [0.15, 0.2) is 4.99 Å². The largest absolute Gasteiger partial charge is 0.444 e. The summed E-state index contributed by atoms with van der Waals surface area (Å²) in [6.45, 7) is 16.3. The summed E-state index contributed by atoms with van der Waals surface area (Å²) in [6.07, 6.45) is 0.524. The highest BCUT2D eigenvalue weighted by atomic mass is 16.6. The van der Waals surface area contributed by atoms with Crippen molar-refractivity contribution in [3.63, 3.8) is 0 Å². The molecule has 0 aromatic rings. The molecule has 2 N–H and O–H groups in total. The number of nitrogens with zero attached hydrogens (tertiary/aromatic N) is 2. The maximum atomic E-state index is 11.9. The number of carbonyl (C=O) groups excluding carboxylic acids is 1. The summed E-state index contributed by atoms with van der Waals surface area (Å²) >= 11 is 0. The molecular weight excluding hydrogens is 320 g/mol. The van der Waals surface area contributed by atoms with E-state index in [-0.39, 0.29) is 12.1 Å². The molecule has 0 radical (unpaired) electrons. The summed E-state index contributed by atoms with van der Waals surface area (Å²) in [4.78, 5) is 18.7. The predicted molar refractivity (Wildman–Crippen MR) is 101 cm³/mol. The molecule has 0 aliphatic carbocycles. The lowest BCUT2D eigenvalue weighted by molar-refractivity contribution is 0.0507. The summed E-state index contributed by atoms with van der Waals surface area (Å²) < 4.78 is 10.9. The molecular formula is C18H36N4O3. The van der Waals surface area contributed by atoms with Crippen LogP contribution >= 0.6 is 0 Å². The van der Waals surface area contributed by atoms with E-state index in [0.717, 1.165) is 38.6 Å². The van der Waals surface area contributed by atoms with Crippen molar-refractivity contribution < 1.29 is 14.3 Å². The fourth-order valence-electron chi connectivity index (χ4n) is 2.51. The average Bonchev–Trinajstić information content (AvgIpc) is 2.91. The van der Waals surface area contributed by atoms with Crippen molar-refractivity contribution in [2.45, 2.75) is 59.6 Å². The molecule has 1 unspecified atom stereocenters. The van der Waals surface area contributed by atoms with Crippen molar-refractivity contribution in [3.8, 4) is 0 Å². The topological polar surface area (TPSA) is 75.2 Å². The number of aliphatic imine (C=N–C) groups is 1. The quantitative estimate of drug-likeness (QED) is 0.416. The number of alkyl carbamates (subject to hydrolysis) is 1. The number of hydrogen-bond acceptors (Lipinski definition) is 4. The Hall–Kier alpha value is -1.50. The van der Waals surface area contributed by atoms with E-state index in [1.54, 1.807) is 0 Å². The van der Waals surface area contributed by atoms with Crippen LogP contribution < -0.4 is 10.6 Å². The lowest BCUT2D eigenvalue weighted by Crippen LogP contribution is -2.44. The molecule has 1 heterocycles. The molecule has 1 aliphatic rings. The van der Waals surface area contributed by atoms with Crippen LogP contribution in [0.25, 0.3) is 0 Å². The zero-order chi connectivity index (χ0) is 18.9. The van der Waals surface area contributed by atoms with Crippen LogP contribution in [0.3, 0.4) is 0 Å². The fourth-order valence-corrected chi connectivity index (χ4v) is 2.51. The normalized spacial score (nSPS) is 18.6. The smallest absolute Gasteiger partial charge is 0.407 e. The van der Waals surface area contributed by atoms with Gasteiger partial charge in [-0.05, 0) is 40.0 Å². The Balaban J connectivity index is 2.44. The van der Waals surface area contributed by atoms with E-state index >= 15 is 0 Å². The van der Waals surface area contributed by atoms with Crippen molar-refractivity contribution in [2.24, 2.45) is 10.9 Å². The molecule has 1 rings (SSSR count). The van der Waals surface area contributed by atoms with E-state index in [1.807, 2.05) is 20.8 Å². The van der Waals surface area contributed by atoms with Crippen LogP contribution in [0.4, 0.5) is 4.79 Å². The van der Waals surface area contributed by atoms with E-state index in [1.165, 1.54) is 0 Å². The van der Waals surface area contributed by atoms with Gasteiger partial charge in [0.2, 0.25) is 0 Å². The van der Waals surface area contributed by atoms with Crippen molar-refractivity contribution >= 4 is 12.1 Å². The summed E-state index contributed by atoms with van der Waals surface area (Å²) in [5, 5.41) is 6.25. The van der Waals surface area contributed by atoms with E-state index in [9.17, 15) is 4.79 Å². The minimum Gasteiger partial charge on any atom is -0.444 e. The molecule has 1 fully saturated rings. The van der Waals surface area contributed by atoms with Gasteiger partial charge in [-0.25, -0.2) is 4.79 Å².